The average molecular weight is 395 g/mol. The van der Waals surface area contributed by atoms with Gasteiger partial charge in [-0.3, -0.25) is 20.1 Å². The third kappa shape index (κ3) is 2.53. The van der Waals surface area contributed by atoms with E-state index in [1.807, 2.05) is 12.1 Å². The van der Waals surface area contributed by atoms with Crippen molar-refractivity contribution in [2.45, 2.75) is 0 Å². The number of hydrogen-bond donors (Lipinski definition) is 3. The molecule has 144 valence electrons. The molecule has 0 radical (unpaired) electrons. The summed E-state index contributed by atoms with van der Waals surface area (Å²) in [4.78, 5) is 20.9. The maximum atomic E-state index is 9.73. The van der Waals surface area contributed by atoms with E-state index in [-0.39, 0.29) is 5.75 Å². The number of imidazole rings is 1. The highest BCUT2D eigenvalue weighted by molar-refractivity contribution is 5.97. The van der Waals surface area contributed by atoms with Crippen molar-refractivity contribution in [1.82, 2.24) is 35.1 Å². The van der Waals surface area contributed by atoms with Crippen LogP contribution < -0.4 is 0 Å². The first-order valence-corrected chi connectivity index (χ1v) is 9.11. The van der Waals surface area contributed by atoms with Crippen molar-refractivity contribution >= 4 is 21.9 Å². The molecule has 9 nitrogen and oxygen atoms in total. The molecule has 6 rings (SSSR count). The number of furan rings is 1. The number of hydrogen-bond acceptors (Lipinski definition) is 7. The van der Waals surface area contributed by atoms with Gasteiger partial charge in [-0.25, -0.2) is 4.98 Å². The van der Waals surface area contributed by atoms with Crippen molar-refractivity contribution in [3.63, 3.8) is 0 Å². The zero-order valence-electron chi connectivity index (χ0n) is 15.4. The second-order valence-corrected chi connectivity index (χ2v) is 6.80. The summed E-state index contributed by atoms with van der Waals surface area (Å²) in [6, 6.07) is 5.38. The van der Waals surface area contributed by atoms with Crippen LogP contribution in [0, 0.1) is 0 Å². The zero-order chi connectivity index (χ0) is 20.1. The lowest BCUT2D eigenvalue weighted by Gasteiger charge is -2.01. The molecule has 0 aromatic carbocycles. The van der Waals surface area contributed by atoms with Gasteiger partial charge in [0.1, 0.15) is 17.0 Å². The van der Waals surface area contributed by atoms with Crippen LogP contribution in [0.5, 0.6) is 5.75 Å². The van der Waals surface area contributed by atoms with E-state index in [0.717, 1.165) is 33.1 Å². The van der Waals surface area contributed by atoms with E-state index in [9.17, 15) is 5.11 Å². The SMILES string of the molecule is Oc1cncc(-c2cc3c(-c4nc5c(-c6ccoc6)cncc5[nH]4)n[nH]c3cn2)c1. The molecule has 0 aliphatic heterocycles. The lowest BCUT2D eigenvalue weighted by molar-refractivity contribution is 0.473. The van der Waals surface area contributed by atoms with Gasteiger partial charge in [0.15, 0.2) is 5.82 Å². The van der Waals surface area contributed by atoms with E-state index in [0.29, 0.717) is 22.8 Å². The molecule has 6 aromatic rings. The molecule has 0 spiro atoms. The third-order valence-corrected chi connectivity index (χ3v) is 4.92. The Morgan fingerprint density at radius 3 is 2.73 bits per heavy atom. The first kappa shape index (κ1) is 16.4. The molecule has 0 atom stereocenters. The molecule has 30 heavy (non-hydrogen) atoms. The summed E-state index contributed by atoms with van der Waals surface area (Å²) < 4.78 is 5.21. The van der Waals surface area contributed by atoms with Crippen LogP contribution in [0.1, 0.15) is 0 Å². The number of pyridine rings is 3. The number of aromatic amines is 2. The van der Waals surface area contributed by atoms with Gasteiger partial charge >= 0.3 is 0 Å². The van der Waals surface area contributed by atoms with Crippen LogP contribution in [0.25, 0.3) is 55.8 Å². The number of nitrogens with one attached hydrogen (secondary N) is 2. The van der Waals surface area contributed by atoms with Crippen LogP contribution in [0.2, 0.25) is 0 Å². The molecule has 0 saturated heterocycles. The Balaban J connectivity index is 1.52. The molecule has 0 saturated carbocycles. The minimum Gasteiger partial charge on any atom is -0.506 e. The smallest absolute Gasteiger partial charge is 0.159 e. The quantitative estimate of drug-likeness (QED) is 0.414. The number of aromatic nitrogens is 7. The Morgan fingerprint density at radius 1 is 0.933 bits per heavy atom. The topological polar surface area (TPSA) is 129 Å². The fourth-order valence-electron chi connectivity index (χ4n) is 3.50. The van der Waals surface area contributed by atoms with Gasteiger partial charge in [0.05, 0.1) is 47.8 Å². The molecular formula is C21H13N7O2. The number of fused-ring (bicyclic) bond motifs is 2. The highest BCUT2D eigenvalue weighted by atomic mass is 16.3. The Morgan fingerprint density at radius 2 is 1.87 bits per heavy atom. The van der Waals surface area contributed by atoms with Crippen molar-refractivity contribution in [3.8, 4) is 39.7 Å². The van der Waals surface area contributed by atoms with Gasteiger partial charge in [0, 0.05) is 34.5 Å². The summed E-state index contributed by atoms with van der Waals surface area (Å²) in [6.45, 7) is 0. The number of H-pyrrole nitrogens is 2. The zero-order valence-corrected chi connectivity index (χ0v) is 15.4. The summed E-state index contributed by atoms with van der Waals surface area (Å²) in [5.74, 6) is 0.693. The van der Waals surface area contributed by atoms with E-state index in [1.165, 1.54) is 6.20 Å². The molecule has 0 aliphatic rings. The fraction of sp³-hybridized carbons (Fsp3) is 0. The van der Waals surface area contributed by atoms with Crippen LogP contribution >= 0.6 is 0 Å². The Bertz CT molecular complexity index is 1520. The van der Waals surface area contributed by atoms with Crippen molar-refractivity contribution < 1.29 is 9.52 Å². The van der Waals surface area contributed by atoms with Crippen LogP contribution in [-0.2, 0) is 0 Å². The van der Waals surface area contributed by atoms with E-state index in [1.54, 1.807) is 43.4 Å². The van der Waals surface area contributed by atoms with Gasteiger partial charge in [-0.15, -0.1) is 0 Å². The summed E-state index contributed by atoms with van der Waals surface area (Å²) in [5.41, 5.74) is 6.17. The predicted octanol–water partition coefficient (Wildman–Crippen LogP) is 3.92. The number of aromatic hydroxyl groups is 1. The van der Waals surface area contributed by atoms with E-state index in [4.69, 9.17) is 9.40 Å². The molecule has 6 heterocycles. The first-order valence-electron chi connectivity index (χ1n) is 9.11. The molecule has 3 N–H and O–H groups in total. The Hall–Kier alpha value is -4.53. The van der Waals surface area contributed by atoms with Crippen LogP contribution in [0.4, 0.5) is 0 Å². The van der Waals surface area contributed by atoms with Crippen molar-refractivity contribution in [2.24, 2.45) is 0 Å². The van der Waals surface area contributed by atoms with Gasteiger partial charge in [0.25, 0.3) is 0 Å². The molecular weight excluding hydrogens is 382 g/mol. The van der Waals surface area contributed by atoms with E-state index in [2.05, 4.69) is 30.1 Å². The monoisotopic (exact) mass is 395 g/mol. The van der Waals surface area contributed by atoms with Crippen molar-refractivity contribution in [2.75, 3.05) is 0 Å². The highest BCUT2D eigenvalue weighted by Crippen LogP contribution is 2.32. The molecule has 6 aromatic heterocycles. The predicted molar refractivity (Wildman–Crippen MR) is 109 cm³/mol. The number of rotatable bonds is 3. The van der Waals surface area contributed by atoms with Gasteiger partial charge in [-0.05, 0) is 18.2 Å². The highest BCUT2D eigenvalue weighted by Gasteiger charge is 2.17. The normalized spacial score (nSPS) is 11.5. The Labute approximate surface area is 168 Å². The van der Waals surface area contributed by atoms with Crippen LogP contribution in [0.3, 0.4) is 0 Å². The maximum absolute atomic E-state index is 9.73. The lowest BCUT2D eigenvalue weighted by Crippen LogP contribution is -1.86. The standard InChI is InChI=1S/C21H13N7O2/c29-13-3-12(5-22-6-13)16-4-14-17(9-24-16)27-28-20(14)21-25-18-8-23-7-15(19(18)26-21)11-1-2-30-10-11/h1-10,29H,(H,25,26)(H,27,28). The van der Waals surface area contributed by atoms with Gasteiger partial charge in [-0.1, -0.05) is 0 Å². The summed E-state index contributed by atoms with van der Waals surface area (Å²) in [7, 11) is 0. The molecule has 0 aliphatic carbocycles. The van der Waals surface area contributed by atoms with Gasteiger partial charge in [0.2, 0.25) is 0 Å². The second-order valence-electron chi connectivity index (χ2n) is 6.80. The van der Waals surface area contributed by atoms with E-state index >= 15 is 0 Å². The maximum Gasteiger partial charge on any atom is 0.159 e. The summed E-state index contributed by atoms with van der Waals surface area (Å²) >= 11 is 0. The van der Waals surface area contributed by atoms with Gasteiger partial charge < -0.3 is 14.5 Å². The molecule has 0 fully saturated rings. The fourth-order valence-corrected chi connectivity index (χ4v) is 3.50. The van der Waals surface area contributed by atoms with E-state index < -0.39 is 0 Å². The minimum atomic E-state index is 0.0818. The number of nitrogens with zero attached hydrogens (tertiary/aromatic N) is 5. The molecule has 0 unspecified atom stereocenters. The van der Waals surface area contributed by atoms with Crippen LogP contribution in [0.15, 0.2) is 66.1 Å². The van der Waals surface area contributed by atoms with Crippen LogP contribution in [-0.4, -0.2) is 40.2 Å². The van der Waals surface area contributed by atoms with Gasteiger partial charge in [-0.2, -0.15) is 5.10 Å². The minimum absolute atomic E-state index is 0.0818. The second kappa shape index (κ2) is 6.24. The largest absolute Gasteiger partial charge is 0.506 e. The average Bonchev–Trinajstić information content (AvgIpc) is 3.51. The van der Waals surface area contributed by atoms with Crippen molar-refractivity contribution in [3.05, 3.63) is 61.7 Å². The first-order chi connectivity index (χ1) is 14.8. The third-order valence-electron chi connectivity index (χ3n) is 4.92. The molecule has 0 bridgehead atoms. The molecule has 0 amide bonds. The van der Waals surface area contributed by atoms with Crippen molar-refractivity contribution in [1.29, 1.82) is 0 Å². The summed E-state index contributed by atoms with van der Waals surface area (Å²) in [6.07, 6.45) is 11.5. The molecule has 9 heteroatoms. The lowest BCUT2D eigenvalue weighted by atomic mass is 10.1. The Kier molecular flexibility index (Phi) is 3.42. The summed E-state index contributed by atoms with van der Waals surface area (Å²) in [5, 5.41) is 18.0.